The first-order chi connectivity index (χ1) is 7.44. The second kappa shape index (κ2) is 4.96. The molecular weight excluding hydrogens is 221 g/mol. The van der Waals surface area contributed by atoms with Gasteiger partial charge < -0.3 is 15.8 Å². The number of nitrogen functional groups attached to an aromatic ring is 1. The Balaban J connectivity index is 2.77. The number of hydrogen-bond acceptors (Lipinski definition) is 3. The minimum atomic E-state index is -4.27. The number of alkyl halides is 3. The average Bonchev–Trinajstić information content (AvgIpc) is 2.18. The molecule has 0 saturated heterocycles. The SMILES string of the molecule is CCOc1cccc(NCC(F)(F)F)c1N. The van der Waals surface area contributed by atoms with Crippen LogP contribution in [0, 0.1) is 0 Å². The molecule has 0 aliphatic heterocycles. The van der Waals surface area contributed by atoms with E-state index in [0.29, 0.717) is 12.4 Å². The van der Waals surface area contributed by atoms with E-state index < -0.39 is 12.7 Å². The number of benzene rings is 1. The Kier molecular flexibility index (Phi) is 3.87. The van der Waals surface area contributed by atoms with E-state index >= 15 is 0 Å². The first-order valence-corrected chi connectivity index (χ1v) is 4.76. The molecule has 90 valence electrons. The Labute approximate surface area is 91.4 Å². The van der Waals surface area contributed by atoms with Gasteiger partial charge in [-0.3, -0.25) is 0 Å². The summed E-state index contributed by atoms with van der Waals surface area (Å²) < 4.78 is 41.1. The normalized spacial score (nSPS) is 11.2. The smallest absolute Gasteiger partial charge is 0.405 e. The Hall–Kier alpha value is -1.59. The summed E-state index contributed by atoms with van der Waals surface area (Å²) in [6.07, 6.45) is -4.27. The predicted octanol–water partition coefficient (Wildman–Crippen LogP) is 2.64. The van der Waals surface area contributed by atoms with Crippen molar-refractivity contribution in [2.24, 2.45) is 0 Å². The number of rotatable bonds is 4. The van der Waals surface area contributed by atoms with Crippen LogP contribution in [-0.2, 0) is 0 Å². The third-order valence-corrected chi connectivity index (χ3v) is 1.85. The summed E-state index contributed by atoms with van der Waals surface area (Å²) in [5.74, 6) is 0.384. The molecule has 1 aromatic rings. The second-order valence-electron chi connectivity index (χ2n) is 3.12. The molecule has 1 aromatic carbocycles. The van der Waals surface area contributed by atoms with Crippen molar-refractivity contribution in [3.05, 3.63) is 18.2 Å². The Bertz CT molecular complexity index is 352. The van der Waals surface area contributed by atoms with Crippen LogP contribution in [0.5, 0.6) is 5.75 Å². The highest BCUT2D eigenvalue weighted by Crippen LogP contribution is 2.30. The first-order valence-electron chi connectivity index (χ1n) is 4.76. The highest BCUT2D eigenvalue weighted by Gasteiger charge is 2.27. The zero-order chi connectivity index (χ0) is 12.2. The maximum atomic E-state index is 12.0. The van der Waals surface area contributed by atoms with E-state index in [1.807, 2.05) is 0 Å². The largest absolute Gasteiger partial charge is 0.492 e. The summed E-state index contributed by atoms with van der Waals surface area (Å²) in [4.78, 5) is 0. The number of nitrogens with two attached hydrogens (primary N) is 1. The summed E-state index contributed by atoms with van der Waals surface area (Å²) >= 11 is 0. The van der Waals surface area contributed by atoms with Crippen LogP contribution in [0.1, 0.15) is 6.92 Å². The monoisotopic (exact) mass is 234 g/mol. The molecule has 0 unspecified atom stereocenters. The predicted molar refractivity (Wildman–Crippen MR) is 56.6 cm³/mol. The van der Waals surface area contributed by atoms with Crippen molar-refractivity contribution in [3.63, 3.8) is 0 Å². The van der Waals surface area contributed by atoms with Crippen molar-refractivity contribution in [2.45, 2.75) is 13.1 Å². The molecule has 0 saturated carbocycles. The highest BCUT2D eigenvalue weighted by atomic mass is 19.4. The Morgan fingerprint density at radius 1 is 1.38 bits per heavy atom. The van der Waals surface area contributed by atoms with Crippen molar-refractivity contribution < 1.29 is 17.9 Å². The molecule has 3 nitrogen and oxygen atoms in total. The van der Waals surface area contributed by atoms with Gasteiger partial charge in [0.25, 0.3) is 0 Å². The molecule has 0 radical (unpaired) electrons. The first kappa shape index (κ1) is 12.5. The van der Waals surface area contributed by atoms with Gasteiger partial charge in [-0.05, 0) is 19.1 Å². The standard InChI is InChI=1S/C10H13F3N2O/c1-2-16-8-5-3-4-7(9(8)14)15-6-10(11,12)13/h3-5,15H,2,6,14H2,1H3. The molecule has 0 spiro atoms. The minimum Gasteiger partial charge on any atom is -0.492 e. The van der Waals surface area contributed by atoms with Gasteiger partial charge in [0.2, 0.25) is 0 Å². The van der Waals surface area contributed by atoms with Crippen LogP contribution in [0.4, 0.5) is 24.5 Å². The molecule has 0 atom stereocenters. The van der Waals surface area contributed by atoms with Crippen molar-refractivity contribution in [3.8, 4) is 5.75 Å². The Morgan fingerprint density at radius 3 is 2.62 bits per heavy atom. The van der Waals surface area contributed by atoms with Gasteiger partial charge in [0.15, 0.2) is 0 Å². The van der Waals surface area contributed by atoms with Crippen molar-refractivity contribution in [1.82, 2.24) is 0 Å². The molecule has 3 N–H and O–H groups in total. The van der Waals surface area contributed by atoms with Gasteiger partial charge in [-0.25, -0.2) is 0 Å². The molecule has 0 aliphatic rings. The maximum Gasteiger partial charge on any atom is 0.405 e. The molecule has 0 fully saturated rings. The van der Waals surface area contributed by atoms with E-state index in [4.69, 9.17) is 10.5 Å². The van der Waals surface area contributed by atoms with E-state index in [1.165, 1.54) is 6.07 Å². The molecular formula is C10H13F3N2O. The number of ether oxygens (including phenoxy) is 1. The summed E-state index contributed by atoms with van der Waals surface area (Å²) in [6.45, 7) is 1.06. The van der Waals surface area contributed by atoms with E-state index in [2.05, 4.69) is 5.32 Å². The molecule has 0 amide bonds. The number of halogens is 3. The van der Waals surface area contributed by atoms with Crippen LogP contribution in [0.3, 0.4) is 0 Å². The fraction of sp³-hybridized carbons (Fsp3) is 0.400. The van der Waals surface area contributed by atoms with Gasteiger partial charge in [0.05, 0.1) is 18.0 Å². The molecule has 0 aromatic heterocycles. The van der Waals surface area contributed by atoms with Crippen LogP contribution in [0.15, 0.2) is 18.2 Å². The lowest BCUT2D eigenvalue weighted by atomic mass is 10.2. The van der Waals surface area contributed by atoms with E-state index in [0.717, 1.165) is 0 Å². The quantitative estimate of drug-likeness (QED) is 0.787. The lowest BCUT2D eigenvalue weighted by molar-refractivity contribution is -0.115. The van der Waals surface area contributed by atoms with Crippen LogP contribution in [0.2, 0.25) is 0 Å². The fourth-order valence-corrected chi connectivity index (χ4v) is 1.17. The Morgan fingerprint density at radius 2 is 2.06 bits per heavy atom. The highest BCUT2D eigenvalue weighted by molar-refractivity contribution is 5.72. The second-order valence-corrected chi connectivity index (χ2v) is 3.12. The molecule has 16 heavy (non-hydrogen) atoms. The molecule has 0 heterocycles. The van der Waals surface area contributed by atoms with Gasteiger partial charge in [-0.2, -0.15) is 13.2 Å². The molecule has 6 heteroatoms. The maximum absolute atomic E-state index is 12.0. The van der Waals surface area contributed by atoms with Crippen LogP contribution >= 0.6 is 0 Å². The number of hydrogen-bond donors (Lipinski definition) is 2. The summed E-state index contributed by atoms with van der Waals surface area (Å²) in [5.41, 5.74) is 6.06. The van der Waals surface area contributed by atoms with Gasteiger partial charge in [-0.15, -0.1) is 0 Å². The lowest BCUT2D eigenvalue weighted by Gasteiger charge is -2.14. The molecule has 1 rings (SSSR count). The van der Waals surface area contributed by atoms with Crippen LogP contribution in [-0.4, -0.2) is 19.3 Å². The zero-order valence-corrected chi connectivity index (χ0v) is 8.77. The van der Waals surface area contributed by atoms with Gasteiger partial charge >= 0.3 is 6.18 Å². The summed E-state index contributed by atoms with van der Waals surface area (Å²) in [5, 5.41) is 2.22. The van der Waals surface area contributed by atoms with Crippen molar-refractivity contribution in [2.75, 3.05) is 24.2 Å². The van der Waals surface area contributed by atoms with E-state index in [-0.39, 0.29) is 11.4 Å². The molecule has 0 bridgehead atoms. The average molecular weight is 234 g/mol. The number of para-hydroxylation sites is 1. The summed E-state index contributed by atoms with van der Waals surface area (Å²) in [6, 6.07) is 4.67. The molecule has 0 aliphatic carbocycles. The number of nitrogens with one attached hydrogen (secondary N) is 1. The lowest BCUT2D eigenvalue weighted by Crippen LogP contribution is -2.21. The zero-order valence-electron chi connectivity index (χ0n) is 8.77. The topological polar surface area (TPSA) is 47.3 Å². The third kappa shape index (κ3) is 3.52. The summed E-state index contributed by atoms with van der Waals surface area (Å²) in [7, 11) is 0. The van der Waals surface area contributed by atoms with Crippen LogP contribution in [0.25, 0.3) is 0 Å². The van der Waals surface area contributed by atoms with E-state index in [1.54, 1.807) is 19.1 Å². The van der Waals surface area contributed by atoms with E-state index in [9.17, 15) is 13.2 Å². The van der Waals surface area contributed by atoms with Gasteiger partial charge in [0.1, 0.15) is 12.3 Å². The van der Waals surface area contributed by atoms with Gasteiger partial charge in [0, 0.05) is 0 Å². The van der Waals surface area contributed by atoms with Crippen LogP contribution < -0.4 is 15.8 Å². The van der Waals surface area contributed by atoms with Crippen molar-refractivity contribution >= 4 is 11.4 Å². The van der Waals surface area contributed by atoms with Crippen molar-refractivity contribution in [1.29, 1.82) is 0 Å². The third-order valence-electron chi connectivity index (χ3n) is 1.85. The fourth-order valence-electron chi connectivity index (χ4n) is 1.17. The number of anilines is 2. The minimum absolute atomic E-state index is 0.189. The van der Waals surface area contributed by atoms with Gasteiger partial charge in [-0.1, -0.05) is 6.07 Å².